The molecule has 0 radical (unpaired) electrons. The summed E-state index contributed by atoms with van der Waals surface area (Å²) in [4.78, 5) is 4.96. The van der Waals surface area contributed by atoms with Crippen LogP contribution in [0.3, 0.4) is 0 Å². The van der Waals surface area contributed by atoms with Crippen LogP contribution in [-0.4, -0.2) is 15.2 Å². The minimum Gasteiger partial charge on any atom is -0.388 e. The second-order valence-electron chi connectivity index (χ2n) is 11.5. The van der Waals surface area contributed by atoms with Crippen LogP contribution >= 0.6 is 0 Å². The number of halogens is 3. The monoisotopic (exact) mass is 505 g/mol. The first kappa shape index (κ1) is 27.1. The van der Waals surface area contributed by atoms with E-state index in [2.05, 4.69) is 6.92 Å². The normalized spacial score (nSPS) is 27.3. The second-order valence-corrected chi connectivity index (χ2v) is 11.5. The first-order valence-electron chi connectivity index (χ1n) is 13.0. The van der Waals surface area contributed by atoms with Crippen LogP contribution in [0.2, 0.25) is 0 Å². The molecule has 0 amide bonds. The average molecular weight is 506 g/mol. The number of aliphatic hydroxyl groups is 2. The van der Waals surface area contributed by atoms with Crippen LogP contribution in [0.4, 0.5) is 13.2 Å². The van der Waals surface area contributed by atoms with Gasteiger partial charge in [0.1, 0.15) is 12.2 Å². The van der Waals surface area contributed by atoms with E-state index in [0.29, 0.717) is 41.6 Å². The summed E-state index contributed by atoms with van der Waals surface area (Å²) in [5, 5.41) is 22.7. The van der Waals surface area contributed by atoms with E-state index in [9.17, 15) is 23.4 Å². The summed E-state index contributed by atoms with van der Waals surface area (Å²) in [5.41, 5.74) is 2.83. The highest BCUT2D eigenvalue weighted by atomic mass is 19.4. The smallest absolute Gasteiger partial charge is 0.388 e. The maximum Gasteiger partial charge on any atom is 0.416 e. The van der Waals surface area contributed by atoms with Gasteiger partial charge in [0, 0.05) is 16.8 Å². The van der Waals surface area contributed by atoms with Crippen LogP contribution in [0.25, 0.3) is 0 Å². The largest absolute Gasteiger partial charge is 0.416 e. The van der Waals surface area contributed by atoms with Crippen molar-refractivity contribution in [2.45, 2.75) is 110 Å². The number of benzene rings is 1. The molecule has 4 rings (SSSR count). The molecule has 1 aromatic carbocycles. The van der Waals surface area contributed by atoms with Crippen LogP contribution in [0.15, 0.2) is 18.2 Å². The Bertz CT molecular complexity index is 1160. The Morgan fingerprint density at radius 2 is 1.81 bits per heavy atom. The molecule has 0 saturated carbocycles. The molecule has 1 aliphatic carbocycles. The molecular weight excluding hydrogens is 467 g/mol. The van der Waals surface area contributed by atoms with Crippen molar-refractivity contribution in [1.29, 1.82) is 0 Å². The molecule has 198 valence electrons. The number of aromatic nitrogens is 1. The van der Waals surface area contributed by atoms with Gasteiger partial charge >= 0.3 is 6.18 Å². The highest BCUT2D eigenvalue weighted by molar-refractivity contribution is 5.55. The summed E-state index contributed by atoms with van der Waals surface area (Å²) >= 11 is 0. The van der Waals surface area contributed by atoms with E-state index in [1.54, 1.807) is 6.92 Å². The van der Waals surface area contributed by atoms with E-state index in [4.69, 9.17) is 9.72 Å². The van der Waals surface area contributed by atoms with Gasteiger partial charge in [-0.1, -0.05) is 54.0 Å². The number of hydrogen-bond acceptors (Lipinski definition) is 4. The minimum absolute atomic E-state index is 0.0198. The second kappa shape index (κ2) is 9.10. The van der Waals surface area contributed by atoms with E-state index in [1.807, 2.05) is 34.6 Å². The third-order valence-electron chi connectivity index (χ3n) is 8.10. The van der Waals surface area contributed by atoms with Crippen molar-refractivity contribution < 1.29 is 28.1 Å². The molecule has 2 aromatic rings. The predicted molar refractivity (Wildman–Crippen MR) is 133 cm³/mol. The lowest BCUT2D eigenvalue weighted by Crippen LogP contribution is -2.35. The van der Waals surface area contributed by atoms with Crippen LogP contribution in [0.1, 0.15) is 136 Å². The Morgan fingerprint density at radius 3 is 2.33 bits per heavy atom. The van der Waals surface area contributed by atoms with Gasteiger partial charge in [0.05, 0.1) is 23.0 Å². The molecule has 0 saturated heterocycles. The zero-order chi connectivity index (χ0) is 26.8. The number of fused-ring (bicyclic) bond motifs is 3. The quantitative estimate of drug-likeness (QED) is 0.440. The van der Waals surface area contributed by atoms with Gasteiger partial charge in [-0.15, -0.1) is 0 Å². The lowest BCUT2D eigenvalue weighted by Gasteiger charge is -2.41. The van der Waals surface area contributed by atoms with E-state index < -0.39 is 41.1 Å². The summed E-state index contributed by atoms with van der Waals surface area (Å²) in [6.45, 7) is 13.7. The number of aliphatic hydroxyl groups excluding tert-OH is 2. The fourth-order valence-corrected chi connectivity index (χ4v) is 6.21. The number of nitrogens with zero attached hydrogens (tertiary/aromatic N) is 1. The predicted octanol–water partition coefficient (Wildman–Crippen LogP) is 7.55. The van der Waals surface area contributed by atoms with Gasteiger partial charge in [-0.05, 0) is 66.3 Å². The van der Waals surface area contributed by atoms with Crippen LogP contribution < -0.4 is 0 Å². The zero-order valence-electron chi connectivity index (χ0n) is 22.3. The fourth-order valence-electron chi connectivity index (χ4n) is 6.21. The number of rotatable bonds is 5. The number of ether oxygens (including phenoxy) is 1. The van der Waals surface area contributed by atoms with Crippen molar-refractivity contribution in [3.05, 3.63) is 63.0 Å². The third kappa shape index (κ3) is 4.17. The standard InChI is InChI=1S/C29H38F3NO3/c1-8-12-28(9-2)22-20-19(34)14-27(6,7)26(35)24(20)33-23(15(3)4)21(22)25(36-28)18-11-10-17(13-16(18)5)29(30,31)32/h10-11,13,15,19,25-26,34-35H,8-9,12,14H2,1-7H3. The van der Waals surface area contributed by atoms with Gasteiger partial charge in [-0.3, -0.25) is 4.98 Å². The van der Waals surface area contributed by atoms with E-state index in [1.165, 1.54) is 12.1 Å². The molecular formula is C29H38F3NO3. The maximum atomic E-state index is 13.4. The van der Waals surface area contributed by atoms with Crippen molar-refractivity contribution in [3.63, 3.8) is 0 Å². The lowest BCUT2D eigenvalue weighted by atomic mass is 9.68. The van der Waals surface area contributed by atoms with Gasteiger partial charge in [-0.25, -0.2) is 0 Å². The van der Waals surface area contributed by atoms with Gasteiger partial charge in [0.15, 0.2) is 0 Å². The van der Waals surface area contributed by atoms with Crippen molar-refractivity contribution in [2.24, 2.45) is 5.41 Å². The summed E-state index contributed by atoms with van der Waals surface area (Å²) in [6, 6.07) is 3.80. The molecule has 1 aliphatic heterocycles. The van der Waals surface area contributed by atoms with Crippen LogP contribution in [0.5, 0.6) is 0 Å². The number of pyridine rings is 1. The number of aryl methyl sites for hydroxylation is 1. The molecule has 4 atom stereocenters. The first-order valence-corrected chi connectivity index (χ1v) is 13.0. The summed E-state index contributed by atoms with van der Waals surface area (Å²) in [7, 11) is 0. The van der Waals surface area contributed by atoms with Gasteiger partial charge < -0.3 is 14.9 Å². The van der Waals surface area contributed by atoms with Crippen molar-refractivity contribution in [3.8, 4) is 0 Å². The molecule has 2 N–H and O–H groups in total. The topological polar surface area (TPSA) is 62.6 Å². The Morgan fingerprint density at radius 1 is 1.14 bits per heavy atom. The molecule has 4 nitrogen and oxygen atoms in total. The zero-order valence-corrected chi connectivity index (χ0v) is 22.3. The Kier molecular flexibility index (Phi) is 6.85. The van der Waals surface area contributed by atoms with Gasteiger partial charge in [-0.2, -0.15) is 13.2 Å². The molecule has 0 bridgehead atoms. The molecule has 7 heteroatoms. The Balaban J connectivity index is 2.06. The molecule has 0 spiro atoms. The fraction of sp³-hybridized carbons (Fsp3) is 0.621. The molecule has 2 heterocycles. The van der Waals surface area contributed by atoms with E-state index >= 15 is 0 Å². The maximum absolute atomic E-state index is 13.4. The van der Waals surface area contributed by atoms with Crippen LogP contribution in [0, 0.1) is 12.3 Å². The summed E-state index contributed by atoms with van der Waals surface area (Å²) in [5.74, 6) is -0.0198. The molecule has 2 aliphatic rings. The molecule has 36 heavy (non-hydrogen) atoms. The van der Waals surface area contributed by atoms with E-state index in [0.717, 1.165) is 29.3 Å². The number of alkyl halides is 3. The third-order valence-corrected chi connectivity index (χ3v) is 8.10. The van der Waals surface area contributed by atoms with Crippen molar-refractivity contribution >= 4 is 0 Å². The first-order chi connectivity index (χ1) is 16.7. The summed E-state index contributed by atoms with van der Waals surface area (Å²) < 4.78 is 47.1. The molecule has 1 aromatic heterocycles. The SMILES string of the molecule is CCCC1(CC)OC(c2ccc(C(F)(F)F)cc2C)c2c(C(C)C)nc3c(c21)C(O)CC(C)(C)C3O. The minimum atomic E-state index is -4.43. The Hall–Kier alpha value is -1.96. The van der Waals surface area contributed by atoms with Gasteiger partial charge in [0.2, 0.25) is 0 Å². The Labute approximate surface area is 211 Å². The average Bonchev–Trinajstić information content (AvgIpc) is 3.11. The summed E-state index contributed by atoms with van der Waals surface area (Å²) in [6.07, 6.45) is -4.18. The highest BCUT2D eigenvalue weighted by Gasteiger charge is 2.52. The van der Waals surface area contributed by atoms with Gasteiger partial charge in [0.25, 0.3) is 0 Å². The highest BCUT2D eigenvalue weighted by Crippen LogP contribution is 2.59. The molecule has 0 fully saturated rings. The van der Waals surface area contributed by atoms with Crippen molar-refractivity contribution in [1.82, 2.24) is 4.98 Å². The van der Waals surface area contributed by atoms with Crippen molar-refractivity contribution in [2.75, 3.05) is 0 Å². The lowest BCUT2D eigenvalue weighted by molar-refractivity contribution is -0.137. The number of hydrogen-bond donors (Lipinski definition) is 2. The molecule has 4 unspecified atom stereocenters. The van der Waals surface area contributed by atoms with E-state index in [-0.39, 0.29) is 5.92 Å². The van der Waals surface area contributed by atoms with Crippen LogP contribution in [-0.2, 0) is 16.5 Å².